The number of hydrogen-bond donors (Lipinski definition) is 5. The van der Waals surface area contributed by atoms with Gasteiger partial charge in [0.15, 0.2) is 36.6 Å². The molecule has 131 heavy (non-hydrogen) atoms. The van der Waals surface area contributed by atoms with Gasteiger partial charge in [-0.1, -0.05) is 270 Å². The third-order valence-corrected chi connectivity index (χ3v) is 21.5. The molecule has 17 aromatic rings. The van der Waals surface area contributed by atoms with Crippen LogP contribution in [-0.2, 0) is 87.8 Å². The Morgan fingerprint density at radius 3 is 1.70 bits per heavy atom. The molecule has 17 heteroatoms. The van der Waals surface area contributed by atoms with Crippen molar-refractivity contribution in [3.05, 3.63) is 409 Å². The molecule has 663 valence electrons. The van der Waals surface area contributed by atoms with Gasteiger partial charge in [-0.25, -0.2) is 0 Å². The van der Waals surface area contributed by atoms with Crippen LogP contribution in [0.4, 0.5) is 5.69 Å². The topological polar surface area (TPSA) is 207 Å². The molecule has 0 atom stereocenters. The minimum atomic E-state index is -0.125. The second kappa shape index (κ2) is 47.1. The molecule has 0 spiro atoms. The standard InChI is InChI=1S/C29H19N2.2C17H14N.C16H12N3.C16H12N.C9H16O2.2C5H8O2.3Ir/c1-19-18-30-28-24-14-12-22(20-8-4-2-5-9-20)16-26(24)27-17-23(21-10-6-3-7-11-21)13-15-25(27)29(28)31-19;1-12-10-13-6-3-5-9-16(13)18-11-14-7-2-4-8-15(14)17(12)18;1-12-9-13(2)11-15(10-12)17-8-7-14-5-3-4-6-16(14)18-17;17-14-9-3-4-10-16(14)19-18-15-11-5-7-12-6-1-2-8-13(12)15;1-3-7-14-12(5-1)9-10-17-11-13-6-2-4-8-15(13)16(14)17;1-6(2)8(10)5-9(11)7(3)4;2*1-4(6)3-5(2)7;;;/h2-13,15-18H,1H3;2-10H,11H2,1H3;3-10H,1-2H3;1-10,17-18H;1-10H,11H2;5-7,10H,1-4H3;2*3,6H,1-2H3;;;/q-1;+1;2*-1;+1;;;;;;/b;;;17-14?,19-16-;;;;;;;. The number of fused-ring (bicyclic) bond motifs is 18. The number of pyridine rings is 3. The molecule has 20 rings (SSSR count). The van der Waals surface area contributed by atoms with Crippen molar-refractivity contribution < 1.29 is 99.2 Å². The molecule has 14 nitrogen and oxygen atoms in total. The molecule has 3 aliphatic rings. The molecule has 0 bridgehead atoms. The summed E-state index contributed by atoms with van der Waals surface area (Å²) < 4.78 is 4.78. The smallest absolute Gasteiger partial charge is 0.221 e. The maximum absolute atomic E-state index is 11.0. The van der Waals surface area contributed by atoms with Crippen molar-refractivity contribution in [3.8, 4) is 56.0 Å². The normalized spacial score (nSPS) is 12.2. The van der Waals surface area contributed by atoms with E-state index in [0.717, 1.165) is 90.3 Å². The second-order valence-electron chi connectivity index (χ2n) is 32.3. The predicted molar refractivity (Wildman–Crippen MR) is 526 cm³/mol. The van der Waals surface area contributed by atoms with Gasteiger partial charge in [-0.15, -0.1) is 75.3 Å². The monoisotopic (exact) mass is 2260 g/mol. The van der Waals surface area contributed by atoms with Crippen molar-refractivity contribution in [1.82, 2.24) is 15.0 Å². The van der Waals surface area contributed by atoms with Crippen molar-refractivity contribution in [2.24, 2.45) is 16.9 Å². The van der Waals surface area contributed by atoms with Gasteiger partial charge >= 0.3 is 0 Å². The molecule has 0 amide bonds. The zero-order chi connectivity index (χ0) is 90.5. The molecule has 5 N–H and O–H groups in total. The summed E-state index contributed by atoms with van der Waals surface area (Å²) >= 11 is 0. The Morgan fingerprint density at radius 2 is 1.07 bits per heavy atom. The molecule has 0 saturated heterocycles. The van der Waals surface area contributed by atoms with E-state index in [9.17, 15) is 19.5 Å². The Balaban J connectivity index is 0.000000161. The third kappa shape index (κ3) is 25.7. The number of para-hydroxylation sites is 2. The Morgan fingerprint density at radius 1 is 0.496 bits per heavy atom. The summed E-state index contributed by atoms with van der Waals surface area (Å²) in [7, 11) is 0. The van der Waals surface area contributed by atoms with Gasteiger partial charge in [0, 0.05) is 136 Å². The van der Waals surface area contributed by atoms with E-state index >= 15 is 0 Å². The van der Waals surface area contributed by atoms with Gasteiger partial charge < -0.3 is 25.7 Å². The van der Waals surface area contributed by atoms with Crippen molar-refractivity contribution >= 4 is 110 Å². The van der Waals surface area contributed by atoms with Gasteiger partial charge in [-0.2, -0.15) is 32.4 Å². The quantitative estimate of drug-likeness (QED) is 0.0167. The summed E-state index contributed by atoms with van der Waals surface area (Å²) in [6, 6.07) is 110. The van der Waals surface area contributed by atoms with E-state index in [0.29, 0.717) is 11.4 Å². The molecule has 0 saturated carbocycles. The first kappa shape index (κ1) is 99.6. The van der Waals surface area contributed by atoms with Crippen LogP contribution in [0.15, 0.2) is 362 Å². The number of hydrazone groups is 1. The first-order valence-electron chi connectivity index (χ1n) is 42.7. The number of carbonyl (C=O) groups excluding carboxylic acids is 3. The number of aryl methyl sites for hydroxylation is 4. The van der Waals surface area contributed by atoms with Crippen LogP contribution < -0.4 is 14.6 Å². The maximum Gasteiger partial charge on any atom is 0.221 e. The van der Waals surface area contributed by atoms with Crippen LogP contribution in [0.1, 0.15) is 88.9 Å². The summed E-state index contributed by atoms with van der Waals surface area (Å²) in [5, 5.41) is 49.8. The van der Waals surface area contributed by atoms with Crippen LogP contribution in [-0.4, -0.2) is 59.0 Å². The molecule has 2 aliphatic heterocycles. The van der Waals surface area contributed by atoms with Crippen molar-refractivity contribution in [1.29, 1.82) is 5.41 Å². The van der Waals surface area contributed by atoms with Gasteiger partial charge in [0.1, 0.15) is 5.71 Å². The minimum Gasteiger partial charge on any atom is -0.512 e. The average Bonchev–Trinajstić information content (AvgIpc) is 1.46. The fourth-order valence-corrected chi connectivity index (χ4v) is 15.4. The Kier molecular flexibility index (Phi) is 35.8. The number of hydrogen-bond acceptors (Lipinski definition) is 12. The number of rotatable bonds is 10. The SMILES string of the molecule is CC(=O)C=C(C)O.CC(=O)C=C(C)O.CC(C)C(=O)C=C(O)C(C)C.Cc1[c-]c(-c2ccc3ccccc3n2)cc(C)c1.Cc1cc2ccccc2[n+]2c1-c1ccccc1C2.Cc1cnc2c3[c-]cc(-c4ccccc4)cc3c3cc(-c4ccccc4)ccc3c2n1.N=C1C=CC=C/C1=N/Nc1[c-]ccc2ccccc12.[Ir].[Ir].[Ir].c1ccc2c(c1)C[n+]1ccc3ccccc3c1-2. The van der Waals surface area contributed by atoms with Gasteiger partial charge in [0.05, 0.1) is 56.2 Å². The number of allylic oxidation sites excluding steroid dienone is 10. The van der Waals surface area contributed by atoms with Gasteiger partial charge in [0.25, 0.3) is 0 Å². The molecular formula is C114H103Ir3N8O6-. The Hall–Kier alpha value is -13.6. The predicted octanol–water partition coefficient (Wildman–Crippen LogP) is 26.2. The van der Waals surface area contributed by atoms with E-state index in [4.69, 9.17) is 30.6 Å². The maximum atomic E-state index is 11.0. The number of ketones is 3. The number of benzene rings is 13. The van der Waals surface area contributed by atoms with Crippen LogP contribution in [0, 0.1) is 63.1 Å². The van der Waals surface area contributed by atoms with E-state index in [1.54, 1.807) is 12.2 Å². The molecule has 1 aliphatic carbocycles. The number of carbonyl (C=O) groups is 3. The molecule has 3 radical (unpaired) electrons. The first-order chi connectivity index (χ1) is 61.8. The van der Waals surface area contributed by atoms with Crippen LogP contribution in [0.25, 0.3) is 132 Å². The zero-order valence-electron chi connectivity index (χ0n) is 75.2. The Labute approximate surface area is 807 Å². The van der Waals surface area contributed by atoms with Crippen LogP contribution in [0.2, 0.25) is 0 Å². The fraction of sp³-hybridized carbons (Fsp3) is 0.140. The largest absolute Gasteiger partial charge is 0.512 e. The van der Waals surface area contributed by atoms with Gasteiger partial charge in [0.2, 0.25) is 16.9 Å². The Bertz CT molecular complexity index is 7160. The molecule has 4 aromatic heterocycles. The molecular weight excluding hydrogens is 2150 g/mol. The zero-order valence-corrected chi connectivity index (χ0v) is 82.3. The van der Waals surface area contributed by atoms with E-state index in [1.807, 2.05) is 120 Å². The van der Waals surface area contributed by atoms with E-state index in [1.165, 1.54) is 140 Å². The van der Waals surface area contributed by atoms with Crippen molar-refractivity contribution in [2.45, 2.75) is 96.2 Å². The van der Waals surface area contributed by atoms with Crippen molar-refractivity contribution in [2.75, 3.05) is 5.43 Å². The van der Waals surface area contributed by atoms with Crippen molar-refractivity contribution in [3.63, 3.8) is 0 Å². The molecule has 0 fully saturated rings. The number of aliphatic hydroxyl groups excluding tert-OH is 3. The first-order valence-corrected chi connectivity index (χ1v) is 42.7. The van der Waals surface area contributed by atoms with Crippen LogP contribution >= 0.6 is 0 Å². The molecule has 0 unspecified atom stereocenters. The van der Waals surface area contributed by atoms with E-state index in [2.05, 4.69) is 283 Å². The average molecular weight is 2260 g/mol. The number of anilines is 1. The van der Waals surface area contributed by atoms with Gasteiger partial charge in [-0.05, 0) is 129 Å². The van der Waals surface area contributed by atoms with E-state index < -0.39 is 0 Å². The summed E-state index contributed by atoms with van der Waals surface area (Å²) in [4.78, 5) is 45.4. The summed E-state index contributed by atoms with van der Waals surface area (Å²) in [6.45, 7) is 23.4. The second-order valence-corrected chi connectivity index (χ2v) is 32.3. The number of aromatic nitrogens is 5. The summed E-state index contributed by atoms with van der Waals surface area (Å²) in [5.74, 6) is 0.0356. The fourth-order valence-electron chi connectivity index (χ4n) is 15.4. The minimum absolute atomic E-state index is 0. The van der Waals surface area contributed by atoms with Crippen LogP contribution in [0.3, 0.4) is 0 Å². The number of aliphatic hydroxyl groups is 3. The molecule has 6 heterocycles. The van der Waals surface area contributed by atoms with E-state index in [-0.39, 0.29) is 107 Å². The van der Waals surface area contributed by atoms with Crippen LogP contribution in [0.5, 0.6) is 0 Å². The summed E-state index contributed by atoms with van der Waals surface area (Å²) in [6.07, 6.45) is 14.9. The molecule has 13 aromatic carbocycles. The number of nitrogens with zero attached hydrogens (tertiary/aromatic N) is 6. The van der Waals surface area contributed by atoms with Gasteiger partial charge in [-0.3, -0.25) is 29.8 Å². The summed E-state index contributed by atoms with van der Waals surface area (Å²) in [5.41, 5.74) is 28.8. The number of nitrogens with one attached hydrogen (secondary N) is 2. The third-order valence-electron chi connectivity index (χ3n) is 21.5.